The fourth-order valence-electron chi connectivity index (χ4n) is 2.27. The number of rotatable bonds is 3. The zero-order valence-electron chi connectivity index (χ0n) is 12.3. The molecule has 0 aliphatic carbocycles. The van der Waals surface area contributed by atoms with Gasteiger partial charge >= 0.3 is 5.69 Å². The van der Waals surface area contributed by atoms with Crippen LogP contribution in [0.15, 0.2) is 30.3 Å². The standard InChI is InChI=1S/C14H11N5O4/c1-8-3-4-9(2)12(5-8)17-15-11-6-10(18(20)21)7-13(19(22)23)14(11)16-17/h3-7H,1-2H3. The van der Waals surface area contributed by atoms with Crippen LogP contribution in [0.25, 0.3) is 16.7 Å². The molecule has 9 heteroatoms. The molecule has 0 aliphatic rings. The van der Waals surface area contributed by atoms with Crippen LogP contribution in [0.5, 0.6) is 0 Å². The van der Waals surface area contributed by atoms with Crippen LogP contribution >= 0.6 is 0 Å². The summed E-state index contributed by atoms with van der Waals surface area (Å²) in [6.07, 6.45) is 0. The summed E-state index contributed by atoms with van der Waals surface area (Å²) in [4.78, 5) is 22.0. The minimum absolute atomic E-state index is 0.0153. The van der Waals surface area contributed by atoms with Gasteiger partial charge < -0.3 is 0 Å². The minimum Gasteiger partial charge on any atom is -0.258 e. The van der Waals surface area contributed by atoms with Crippen LogP contribution in [-0.4, -0.2) is 24.8 Å². The fraction of sp³-hybridized carbons (Fsp3) is 0.143. The molecule has 0 saturated carbocycles. The van der Waals surface area contributed by atoms with Crippen molar-refractivity contribution < 1.29 is 9.85 Å². The summed E-state index contributed by atoms with van der Waals surface area (Å²) in [5.41, 5.74) is 1.81. The van der Waals surface area contributed by atoms with Gasteiger partial charge in [0.05, 0.1) is 21.6 Å². The lowest BCUT2D eigenvalue weighted by atomic mass is 10.1. The molecule has 2 aromatic carbocycles. The van der Waals surface area contributed by atoms with E-state index in [0.717, 1.165) is 17.2 Å². The van der Waals surface area contributed by atoms with Gasteiger partial charge in [0.25, 0.3) is 5.69 Å². The summed E-state index contributed by atoms with van der Waals surface area (Å²) in [5.74, 6) is 0. The predicted octanol–water partition coefficient (Wildman–Crippen LogP) is 2.85. The molecule has 1 aromatic heterocycles. The van der Waals surface area contributed by atoms with Crippen molar-refractivity contribution in [2.45, 2.75) is 13.8 Å². The molecule has 0 bridgehead atoms. The zero-order valence-corrected chi connectivity index (χ0v) is 12.3. The van der Waals surface area contributed by atoms with Crippen LogP contribution < -0.4 is 0 Å². The molecule has 0 unspecified atom stereocenters. The molecule has 0 spiro atoms. The van der Waals surface area contributed by atoms with Crippen molar-refractivity contribution in [3.8, 4) is 5.69 Å². The number of nitrogens with zero attached hydrogens (tertiary/aromatic N) is 5. The van der Waals surface area contributed by atoms with Gasteiger partial charge in [-0.3, -0.25) is 20.2 Å². The maximum atomic E-state index is 11.2. The van der Waals surface area contributed by atoms with Crippen molar-refractivity contribution in [2.75, 3.05) is 0 Å². The highest BCUT2D eigenvalue weighted by Crippen LogP contribution is 2.29. The van der Waals surface area contributed by atoms with E-state index in [2.05, 4.69) is 10.2 Å². The van der Waals surface area contributed by atoms with Crippen molar-refractivity contribution in [1.29, 1.82) is 0 Å². The molecule has 0 N–H and O–H groups in total. The van der Waals surface area contributed by atoms with Gasteiger partial charge in [-0.15, -0.1) is 15.0 Å². The summed E-state index contributed by atoms with van der Waals surface area (Å²) >= 11 is 0. The lowest BCUT2D eigenvalue weighted by Crippen LogP contribution is -2.01. The Bertz CT molecular complexity index is 963. The molecule has 23 heavy (non-hydrogen) atoms. The molecule has 3 aromatic rings. The largest absolute Gasteiger partial charge is 0.305 e. The van der Waals surface area contributed by atoms with Crippen LogP contribution in [-0.2, 0) is 0 Å². The van der Waals surface area contributed by atoms with E-state index in [4.69, 9.17) is 0 Å². The Hall–Kier alpha value is -3.36. The van der Waals surface area contributed by atoms with Gasteiger partial charge in [-0.2, -0.15) is 0 Å². The Morgan fingerprint density at radius 3 is 2.39 bits per heavy atom. The average Bonchev–Trinajstić information content (AvgIpc) is 2.91. The summed E-state index contributed by atoms with van der Waals surface area (Å²) in [7, 11) is 0. The molecule has 9 nitrogen and oxygen atoms in total. The number of benzene rings is 2. The van der Waals surface area contributed by atoms with Crippen LogP contribution in [0, 0.1) is 34.1 Å². The quantitative estimate of drug-likeness (QED) is 0.542. The molecule has 3 rings (SSSR count). The smallest absolute Gasteiger partial charge is 0.258 e. The summed E-state index contributed by atoms with van der Waals surface area (Å²) in [6, 6.07) is 7.72. The van der Waals surface area contributed by atoms with Crippen molar-refractivity contribution in [3.05, 3.63) is 61.7 Å². The van der Waals surface area contributed by atoms with Crippen molar-refractivity contribution in [3.63, 3.8) is 0 Å². The van der Waals surface area contributed by atoms with Gasteiger partial charge in [0, 0.05) is 6.07 Å². The third-order valence-electron chi connectivity index (χ3n) is 3.44. The first-order valence-corrected chi connectivity index (χ1v) is 6.64. The van der Waals surface area contributed by atoms with E-state index in [9.17, 15) is 20.2 Å². The number of aryl methyl sites for hydroxylation is 2. The highest BCUT2D eigenvalue weighted by molar-refractivity contribution is 5.86. The average molecular weight is 313 g/mol. The van der Waals surface area contributed by atoms with Crippen LogP contribution in [0.4, 0.5) is 11.4 Å². The number of hydrogen-bond donors (Lipinski definition) is 0. The molecule has 0 aliphatic heterocycles. The highest BCUT2D eigenvalue weighted by Gasteiger charge is 2.23. The number of aromatic nitrogens is 3. The molecule has 1 heterocycles. The molecular weight excluding hydrogens is 302 g/mol. The minimum atomic E-state index is -0.697. The van der Waals surface area contributed by atoms with E-state index in [1.54, 1.807) is 0 Å². The van der Waals surface area contributed by atoms with Crippen LogP contribution in [0.3, 0.4) is 0 Å². The Labute approximate surface area is 129 Å². The molecule has 0 radical (unpaired) electrons. The van der Waals surface area contributed by atoms with Gasteiger partial charge in [0.1, 0.15) is 5.52 Å². The van der Waals surface area contributed by atoms with Crippen molar-refractivity contribution in [2.24, 2.45) is 0 Å². The fourth-order valence-corrected chi connectivity index (χ4v) is 2.27. The van der Waals surface area contributed by atoms with Crippen molar-refractivity contribution in [1.82, 2.24) is 15.0 Å². The molecule has 0 atom stereocenters. The van der Waals surface area contributed by atoms with E-state index < -0.39 is 21.2 Å². The summed E-state index contributed by atoms with van der Waals surface area (Å²) in [5, 5.41) is 30.4. The number of fused-ring (bicyclic) bond motifs is 1. The second kappa shape index (κ2) is 5.13. The zero-order chi connectivity index (χ0) is 16.7. The molecule has 0 amide bonds. The van der Waals surface area contributed by atoms with Gasteiger partial charge in [0.2, 0.25) is 0 Å². The van der Waals surface area contributed by atoms with Crippen LogP contribution in [0.2, 0.25) is 0 Å². The topological polar surface area (TPSA) is 117 Å². The van der Waals surface area contributed by atoms with Gasteiger partial charge in [-0.05, 0) is 31.0 Å². The van der Waals surface area contributed by atoms with E-state index in [0.29, 0.717) is 5.69 Å². The monoisotopic (exact) mass is 313 g/mol. The maximum absolute atomic E-state index is 11.2. The van der Waals surface area contributed by atoms with E-state index in [1.165, 1.54) is 10.9 Å². The number of hydrogen-bond acceptors (Lipinski definition) is 6. The molecule has 0 saturated heterocycles. The van der Waals surface area contributed by atoms with Crippen LogP contribution in [0.1, 0.15) is 11.1 Å². The molecule has 116 valence electrons. The lowest BCUT2D eigenvalue weighted by Gasteiger charge is -2.04. The first-order chi connectivity index (χ1) is 10.9. The number of nitro benzene ring substituents is 2. The summed E-state index contributed by atoms with van der Waals surface area (Å²) in [6.45, 7) is 3.76. The SMILES string of the molecule is Cc1ccc(C)c(-n2nc3cc([N+](=O)[O-])cc([N+](=O)[O-])c3n2)c1. The Morgan fingerprint density at radius 1 is 1.00 bits per heavy atom. The number of non-ortho nitro benzene ring substituents is 2. The predicted molar refractivity (Wildman–Crippen MR) is 81.6 cm³/mol. The second-order valence-electron chi connectivity index (χ2n) is 5.13. The van der Waals surface area contributed by atoms with Crippen molar-refractivity contribution >= 4 is 22.4 Å². The molecular formula is C14H11N5O4. The van der Waals surface area contributed by atoms with E-state index >= 15 is 0 Å². The summed E-state index contributed by atoms with van der Waals surface area (Å²) < 4.78 is 0. The van der Waals surface area contributed by atoms with E-state index in [-0.39, 0.29) is 11.0 Å². The third kappa shape index (κ3) is 2.48. The molecule has 0 fully saturated rings. The Balaban J connectivity index is 2.30. The van der Waals surface area contributed by atoms with Gasteiger partial charge in [0.15, 0.2) is 5.52 Å². The number of nitro groups is 2. The maximum Gasteiger partial charge on any atom is 0.305 e. The van der Waals surface area contributed by atoms with Gasteiger partial charge in [-0.25, -0.2) is 0 Å². The Kier molecular flexibility index (Phi) is 3.25. The normalized spacial score (nSPS) is 10.9. The second-order valence-corrected chi connectivity index (χ2v) is 5.13. The first-order valence-electron chi connectivity index (χ1n) is 6.64. The third-order valence-corrected chi connectivity index (χ3v) is 3.44. The first kappa shape index (κ1) is 14.6. The lowest BCUT2D eigenvalue weighted by molar-refractivity contribution is -0.393. The highest BCUT2D eigenvalue weighted by atomic mass is 16.6. The Morgan fingerprint density at radius 2 is 1.74 bits per heavy atom. The van der Waals surface area contributed by atoms with E-state index in [1.807, 2.05) is 32.0 Å². The van der Waals surface area contributed by atoms with Gasteiger partial charge in [-0.1, -0.05) is 12.1 Å².